The maximum Gasteiger partial charge on any atom is 0.137 e. The van der Waals surface area contributed by atoms with Gasteiger partial charge in [-0.25, -0.2) is 4.98 Å². The lowest BCUT2D eigenvalue weighted by atomic mass is 9.74. The van der Waals surface area contributed by atoms with Gasteiger partial charge in [0.15, 0.2) is 0 Å². The van der Waals surface area contributed by atoms with Crippen molar-refractivity contribution in [2.24, 2.45) is 5.92 Å². The lowest BCUT2D eigenvalue weighted by Crippen LogP contribution is -2.29. The van der Waals surface area contributed by atoms with Crippen LogP contribution in [-0.2, 0) is 11.8 Å². The fraction of sp³-hybridized carbons (Fsp3) is 0.159. The fourth-order valence-corrected chi connectivity index (χ4v) is 8.36. The molecule has 3 heteroatoms. The van der Waals surface area contributed by atoms with E-state index >= 15 is 0 Å². The summed E-state index contributed by atoms with van der Waals surface area (Å²) >= 11 is 0. The van der Waals surface area contributed by atoms with Crippen molar-refractivity contribution in [1.82, 2.24) is 9.55 Å². The minimum absolute atomic E-state index is 0.0668. The Hall–Kier alpha value is -5.41. The van der Waals surface area contributed by atoms with E-state index in [1.165, 1.54) is 55.8 Å². The summed E-state index contributed by atoms with van der Waals surface area (Å²) in [6.07, 6.45) is 13.2. The molecule has 2 aromatic heterocycles. The number of rotatable bonds is 5. The quantitative estimate of drug-likeness (QED) is 0.194. The van der Waals surface area contributed by atoms with Crippen molar-refractivity contribution in [2.75, 3.05) is 4.90 Å². The van der Waals surface area contributed by atoms with Gasteiger partial charge in [-0.05, 0) is 107 Å². The standard InChI is InChI=1S/C44H37N3/c1-44(2)39-16-8-6-14-35(39)36-25-24-34(29-40(36)44)46(43-18-10-11-27-45-43)33-22-19-30(20-23-33)31-21-26-42-38(28-31)37-15-7-9-17-41(37)47(42)32-12-4-3-5-13-32/h3-27,31,40H,28-29H2,1-2H3. The summed E-state index contributed by atoms with van der Waals surface area (Å²) in [6, 6.07) is 43.9. The molecule has 47 heavy (non-hydrogen) atoms. The molecule has 3 aliphatic carbocycles. The average Bonchev–Trinajstić information content (AvgIpc) is 3.58. The predicted octanol–water partition coefficient (Wildman–Crippen LogP) is 10.8. The summed E-state index contributed by atoms with van der Waals surface area (Å²) in [7, 11) is 0. The Morgan fingerprint density at radius 1 is 0.745 bits per heavy atom. The Morgan fingerprint density at radius 3 is 2.34 bits per heavy atom. The molecule has 0 saturated carbocycles. The molecular formula is C44H37N3. The average molecular weight is 608 g/mol. The number of anilines is 2. The Kier molecular flexibility index (Phi) is 6.43. The van der Waals surface area contributed by atoms with Crippen LogP contribution in [0.3, 0.4) is 0 Å². The van der Waals surface area contributed by atoms with Gasteiger partial charge in [-0.15, -0.1) is 0 Å². The highest BCUT2D eigenvalue weighted by Gasteiger charge is 2.44. The van der Waals surface area contributed by atoms with Crippen LogP contribution >= 0.6 is 0 Å². The molecule has 2 heterocycles. The Morgan fingerprint density at radius 2 is 1.51 bits per heavy atom. The smallest absolute Gasteiger partial charge is 0.137 e. The number of fused-ring (bicyclic) bond motifs is 6. The van der Waals surface area contributed by atoms with Gasteiger partial charge < -0.3 is 4.57 Å². The summed E-state index contributed by atoms with van der Waals surface area (Å²) in [6.45, 7) is 4.81. The van der Waals surface area contributed by atoms with E-state index in [-0.39, 0.29) is 5.41 Å². The predicted molar refractivity (Wildman–Crippen MR) is 195 cm³/mol. The van der Waals surface area contributed by atoms with Crippen molar-refractivity contribution >= 4 is 34.1 Å². The van der Waals surface area contributed by atoms with Crippen LogP contribution in [0.1, 0.15) is 54.1 Å². The van der Waals surface area contributed by atoms with E-state index < -0.39 is 0 Å². The SMILES string of the molecule is CC1(C)c2ccccc2C2=CC=C(N(c3ccc(C4C=Cc5c(c6ccccc6n5-c5ccccc5)C4)cc3)c3ccccn3)CC21. The maximum atomic E-state index is 4.84. The van der Waals surface area contributed by atoms with Gasteiger partial charge in [0.1, 0.15) is 5.82 Å². The number of allylic oxidation sites excluding steroid dienone is 5. The largest absolute Gasteiger partial charge is 0.310 e. The van der Waals surface area contributed by atoms with E-state index in [1.54, 1.807) is 0 Å². The molecule has 3 nitrogen and oxygen atoms in total. The van der Waals surface area contributed by atoms with Crippen molar-refractivity contribution in [1.29, 1.82) is 0 Å². The van der Waals surface area contributed by atoms with Crippen molar-refractivity contribution in [3.63, 3.8) is 0 Å². The zero-order chi connectivity index (χ0) is 31.5. The second-order valence-corrected chi connectivity index (χ2v) is 13.6. The first-order valence-corrected chi connectivity index (χ1v) is 16.8. The molecule has 228 valence electrons. The first kappa shape index (κ1) is 27.9. The van der Waals surface area contributed by atoms with Crippen LogP contribution in [0.2, 0.25) is 0 Å². The van der Waals surface area contributed by atoms with Gasteiger partial charge in [0.25, 0.3) is 0 Å². The third-order valence-corrected chi connectivity index (χ3v) is 10.7. The molecule has 9 rings (SSSR count). The number of hydrogen-bond donors (Lipinski definition) is 0. The van der Waals surface area contributed by atoms with Gasteiger partial charge >= 0.3 is 0 Å². The van der Waals surface area contributed by atoms with Crippen molar-refractivity contribution in [3.8, 4) is 5.69 Å². The lowest BCUT2D eigenvalue weighted by Gasteiger charge is -2.35. The van der Waals surface area contributed by atoms with E-state index in [4.69, 9.17) is 4.98 Å². The number of aromatic nitrogens is 2. The van der Waals surface area contributed by atoms with Crippen LogP contribution in [0.4, 0.5) is 11.5 Å². The highest BCUT2D eigenvalue weighted by molar-refractivity contribution is 5.91. The van der Waals surface area contributed by atoms with Crippen LogP contribution in [0, 0.1) is 5.92 Å². The lowest BCUT2D eigenvalue weighted by molar-refractivity contribution is 0.406. The Labute approximate surface area is 276 Å². The van der Waals surface area contributed by atoms with Gasteiger partial charge in [-0.3, -0.25) is 4.90 Å². The van der Waals surface area contributed by atoms with Crippen LogP contribution in [0.15, 0.2) is 151 Å². The van der Waals surface area contributed by atoms with E-state index in [1.807, 2.05) is 12.3 Å². The van der Waals surface area contributed by atoms with Crippen LogP contribution in [-0.4, -0.2) is 9.55 Å². The third kappa shape index (κ3) is 4.45. The van der Waals surface area contributed by atoms with Gasteiger partial charge in [0.2, 0.25) is 0 Å². The first-order chi connectivity index (χ1) is 23.1. The van der Waals surface area contributed by atoms with Gasteiger partial charge in [0.05, 0.1) is 5.52 Å². The molecule has 0 saturated heterocycles. The molecule has 0 fully saturated rings. The Balaban J connectivity index is 1.06. The molecule has 3 aliphatic rings. The van der Waals surface area contributed by atoms with E-state index in [0.29, 0.717) is 11.8 Å². The number of hydrogen-bond acceptors (Lipinski definition) is 2. The number of para-hydroxylation sites is 2. The third-order valence-electron chi connectivity index (χ3n) is 10.7. The molecule has 2 unspecified atom stereocenters. The van der Waals surface area contributed by atoms with Crippen molar-refractivity contribution in [2.45, 2.75) is 38.0 Å². The monoisotopic (exact) mass is 607 g/mol. The summed E-state index contributed by atoms with van der Waals surface area (Å²) < 4.78 is 2.41. The highest BCUT2D eigenvalue weighted by Crippen LogP contribution is 2.54. The second-order valence-electron chi connectivity index (χ2n) is 13.6. The minimum atomic E-state index is 0.0668. The summed E-state index contributed by atoms with van der Waals surface area (Å²) in [5.41, 5.74) is 13.3. The normalized spacial score (nSPS) is 19.0. The number of pyridine rings is 1. The molecule has 0 bridgehead atoms. The van der Waals surface area contributed by atoms with Gasteiger partial charge in [-0.1, -0.05) is 105 Å². The molecule has 0 N–H and O–H groups in total. The highest BCUT2D eigenvalue weighted by atomic mass is 15.2. The molecule has 4 aromatic carbocycles. The van der Waals surface area contributed by atoms with Crippen LogP contribution in [0.5, 0.6) is 0 Å². The summed E-state index contributed by atoms with van der Waals surface area (Å²) in [4.78, 5) is 7.20. The zero-order valence-corrected chi connectivity index (χ0v) is 26.8. The van der Waals surface area contributed by atoms with Gasteiger partial charge in [-0.2, -0.15) is 0 Å². The summed E-state index contributed by atoms with van der Waals surface area (Å²) in [5.74, 6) is 1.68. The molecule has 0 amide bonds. The van der Waals surface area contributed by atoms with Crippen molar-refractivity contribution in [3.05, 3.63) is 179 Å². The van der Waals surface area contributed by atoms with E-state index in [9.17, 15) is 0 Å². The van der Waals surface area contributed by atoms with Crippen molar-refractivity contribution < 1.29 is 0 Å². The van der Waals surface area contributed by atoms with E-state index in [0.717, 1.165) is 24.3 Å². The molecule has 0 spiro atoms. The minimum Gasteiger partial charge on any atom is -0.310 e. The topological polar surface area (TPSA) is 21.1 Å². The Bertz CT molecular complexity index is 2220. The molecule has 2 atom stereocenters. The van der Waals surface area contributed by atoms with Crippen LogP contribution < -0.4 is 4.90 Å². The zero-order valence-electron chi connectivity index (χ0n) is 26.8. The van der Waals surface area contributed by atoms with Crippen LogP contribution in [0.25, 0.3) is 28.2 Å². The maximum absolute atomic E-state index is 4.84. The fourth-order valence-electron chi connectivity index (χ4n) is 8.36. The number of nitrogens with zero attached hydrogens (tertiary/aromatic N) is 3. The number of benzene rings is 4. The van der Waals surface area contributed by atoms with Gasteiger partial charge in [0, 0.05) is 40.3 Å². The first-order valence-electron chi connectivity index (χ1n) is 16.8. The molecular weight excluding hydrogens is 571 g/mol. The second kappa shape index (κ2) is 10.8. The summed E-state index contributed by atoms with van der Waals surface area (Å²) in [5, 5.41) is 1.34. The van der Waals surface area contributed by atoms with E-state index in [2.05, 4.69) is 163 Å². The molecule has 6 aromatic rings. The molecule has 0 radical (unpaired) electrons. The molecule has 0 aliphatic heterocycles.